The maximum Gasteiger partial charge on any atom is 0.160 e. The van der Waals surface area contributed by atoms with Crippen molar-refractivity contribution in [2.24, 2.45) is 0 Å². The van der Waals surface area contributed by atoms with E-state index in [0.29, 0.717) is 11.4 Å². The predicted molar refractivity (Wildman–Crippen MR) is 210 cm³/mol. The largest absolute Gasteiger partial charge is 0.228 e. The number of benzene rings is 7. The molecule has 7 aromatic carbocycles. The van der Waals surface area contributed by atoms with Crippen molar-refractivity contribution in [1.82, 2.24) is 9.97 Å². The van der Waals surface area contributed by atoms with Crippen LogP contribution in [0.1, 0.15) is 27.8 Å². The smallest absolute Gasteiger partial charge is 0.160 e. The van der Waals surface area contributed by atoms with Gasteiger partial charge in [-0.15, -0.1) is 11.3 Å². The molecule has 0 radical (unpaired) electrons. The summed E-state index contributed by atoms with van der Waals surface area (Å²) in [5, 5.41) is 13.6. The Morgan fingerprint density at radius 3 is 1.90 bits per heavy atom. The van der Waals surface area contributed by atoms with Crippen LogP contribution in [-0.2, 0) is 5.41 Å². The van der Waals surface area contributed by atoms with E-state index in [9.17, 15) is 5.26 Å². The van der Waals surface area contributed by atoms with E-state index in [1.807, 2.05) is 23.5 Å². The molecule has 0 bridgehead atoms. The lowest BCUT2D eigenvalue weighted by atomic mass is 9.64. The van der Waals surface area contributed by atoms with Crippen LogP contribution in [0.5, 0.6) is 0 Å². The van der Waals surface area contributed by atoms with Crippen LogP contribution in [0.3, 0.4) is 0 Å². The number of rotatable bonds is 4. The van der Waals surface area contributed by atoms with E-state index in [-0.39, 0.29) is 0 Å². The third-order valence-corrected chi connectivity index (χ3v) is 12.3. The summed E-state index contributed by atoms with van der Waals surface area (Å²) < 4.78 is 2.53. The molecule has 51 heavy (non-hydrogen) atoms. The molecule has 238 valence electrons. The zero-order chi connectivity index (χ0) is 33.9. The third-order valence-electron chi connectivity index (χ3n) is 10.0. The second kappa shape index (κ2) is 11.8. The van der Waals surface area contributed by atoms with E-state index >= 15 is 0 Å². The van der Waals surface area contributed by atoms with Gasteiger partial charge in [-0.3, -0.25) is 0 Å². The minimum absolute atomic E-state index is 0.642. The van der Waals surface area contributed by atoms with Gasteiger partial charge in [0.2, 0.25) is 0 Å². The van der Waals surface area contributed by atoms with Crippen molar-refractivity contribution in [3.63, 3.8) is 0 Å². The van der Waals surface area contributed by atoms with Gasteiger partial charge in [-0.05, 0) is 70.8 Å². The summed E-state index contributed by atoms with van der Waals surface area (Å²) in [7, 11) is 0. The van der Waals surface area contributed by atoms with E-state index in [1.165, 1.54) is 25.1 Å². The third kappa shape index (κ3) is 4.65. The minimum atomic E-state index is -0.673. The molecule has 0 fully saturated rings. The molecule has 0 unspecified atom stereocenters. The second-order valence-electron chi connectivity index (χ2n) is 12.8. The summed E-state index contributed by atoms with van der Waals surface area (Å²) in [6.07, 6.45) is 0. The van der Waals surface area contributed by atoms with E-state index < -0.39 is 5.41 Å². The molecule has 3 heterocycles. The first-order valence-corrected chi connectivity index (χ1v) is 18.5. The number of para-hydroxylation sites is 1. The monoisotopic (exact) mass is 685 g/mol. The van der Waals surface area contributed by atoms with Crippen molar-refractivity contribution < 1.29 is 0 Å². The van der Waals surface area contributed by atoms with Gasteiger partial charge < -0.3 is 0 Å². The summed E-state index contributed by atoms with van der Waals surface area (Å²) in [4.78, 5) is 12.9. The van der Waals surface area contributed by atoms with Gasteiger partial charge in [-0.25, -0.2) is 9.97 Å². The molecule has 0 spiro atoms. The van der Waals surface area contributed by atoms with Crippen LogP contribution in [-0.4, -0.2) is 9.97 Å². The Labute approximate surface area is 303 Å². The fraction of sp³-hybridized carbons (Fsp3) is 0.0217. The topological polar surface area (TPSA) is 49.6 Å². The van der Waals surface area contributed by atoms with Crippen molar-refractivity contribution in [2.75, 3.05) is 0 Å². The summed E-state index contributed by atoms with van der Waals surface area (Å²) in [5.74, 6) is 0.680. The lowest BCUT2D eigenvalue weighted by Gasteiger charge is -2.42. The zero-order valence-corrected chi connectivity index (χ0v) is 28.9. The highest BCUT2D eigenvalue weighted by atomic mass is 32.2. The van der Waals surface area contributed by atoms with E-state index in [2.05, 4.69) is 158 Å². The normalized spacial score (nSPS) is 13.2. The number of thiophene rings is 1. The van der Waals surface area contributed by atoms with Gasteiger partial charge in [0.05, 0.1) is 28.3 Å². The first-order valence-electron chi connectivity index (χ1n) is 16.9. The first-order chi connectivity index (χ1) is 25.2. The molecule has 0 atom stereocenters. The van der Waals surface area contributed by atoms with Gasteiger partial charge in [0.1, 0.15) is 0 Å². The van der Waals surface area contributed by atoms with Crippen LogP contribution in [0.4, 0.5) is 0 Å². The summed E-state index contributed by atoms with van der Waals surface area (Å²) in [6.45, 7) is 0. The Hall–Kier alpha value is -6.06. The molecule has 5 heteroatoms. The highest BCUT2D eigenvalue weighted by Gasteiger charge is 2.44. The number of nitriles is 1. The lowest BCUT2D eigenvalue weighted by Crippen LogP contribution is -2.34. The van der Waals surface area contributed by atoms with Crippen molar-refractivity contribution in [3.8, 4) is 28.7 Å². The maximum absolute atomic E-state index is 10.1. The van der Waals surface area contributed by atoms with Gasteiger partial charge in [0, 0.05) is 46.5 Å². The van der Waals surface area contributed by atoms with Crippen LogP contribution in [0.15, 0.2) is 174 Å². The molecule has 3 nitrogen and oxygen atoms in total. The minimum Gasteiger partial charge on any atom is -0.228 e. The highest BCUT2D eigenvalue weighted by molar-refractivity contribution is 7.99. The molecule has 0 saturated heterocycles. The molecular formula is C46H27N3S2. The van der Waals surface area contributed by atoms with Crippen molar-refractivity contribution in [1.29, 1.82) is 5.26 Å². The summed E-state index contributed by atoms with van der Waals surface area (Å²) >= 11 is 3.57. The quantitative estimate of drug-likeness (QED) is 0.185. The Bertz CT molecular complexity index is 2810. The zero-order valence-electron chi connectivity index (χ0n) is 27.2. The molecule has 0 aliphatic carbocycles. The average molecular weight is 686 g/mol. The maximum atomic E-state index is 10.1. The van der Waals surface area contributed by atoms with Crippen molar-refractivity contribution in [3.05, 3.63) is 192 Å². The molecule has 0 saturated carbocycles. The number of hydrogen-bond donors (Lipinski definition) is 0. The van der Waals surface area contributed by atoms with Gasteiger partial charge >= 0.3 is 0 Å². The second-order valence-corrected chi connectivity index (χ2v) is 15.0. The standard InChI is InChI=1S/C46H27N3S2/c47-28-29-19-23-41-37(25-29)46(32-11-3-1-4-12-32,33-13-5-2-6-14-33)38-26-31(21-24-42(38)51-41)45-48-39-17-9-7-16-36(39)44(49-45)30-20-22-35-34-15-8-10-18-40(34)50-43(35)27-30/h1-27H. The fourth-order valence-corrected chi connectivity index (χ4v) is 10.1. The average Bonchev–Trinajstić information content (AvgIpc) is 3.58. The predicted octanol–water partition coefficient (Wildman–Crippen LogP) is 12.1. The van der Waals surface area contributed by atoms with E-state index in [4.69, 9.17) is 9.97 Å². The molecular weight excluding hydrogens is 659 g/mol. The van der Waals surface area contributed by atoms with Crippen molar-refractivity contribution >= 4 is 54.2 Å². The Balaban J connectivity index is 1.23. The number of nitrogens with zero attached hydrogens (tertiary/aromatic N) is 3. The Morgan fingerprint density at radius 1 is 0.510 bits per heavy atom. The van der Waals surface area contributed by atoms with Crippen molar-refractivity contribution in [2.45, 2.75) is 15.2 Å². The summed E-state index contributed by atoms with van der Waals surface area (Å²) in [6, 6.07) is 60.1. The molecule has 10 rings (SSSR count). The first kappa shape index (κ1) is 29.8. The van der Waals surface area contributed by atoms with E-state index in [0.717, 1.165) is 54.9 Å². The van der Waals surface area contributed by atoms with Crippen LogP contribution in [0.25, 0.3) is 53.7 Å². The van der Waals surface area contributed by atoms with Crippen LogP contribution in [0, 0.1) is 11.3 Å². The molecule has 1 aliphatic heterocycles. The molecule has 0 N–H and O–H groups in total. The number of aromatic nitrogens is 2. The fourth-order valence-electron chi connectivity index (χ4n) is 7.76. The lowest BCUT2D eigenvalue weighted by molar-refractivity contribution is 0.702. The highest BCUT2D eigenvalue weighted by Crippen LogP contribution is 2.56. The molecule has 0 amide bonds. The number of hydrogen-bond acceptors (Lipinski definition) is 5. The molecule has 9 aromatic rings. The van der Waals surface area contributed by atoms with Gasteiger partial charge in [-0.2, -0.15) is 5.26 Å². The summed E-state index contributed by atoms with van der Waals surface area (Å²) in [5.41, 5.74) is 8.34. The molecule has 2 aromatic heterocycles. The van der Waals surface area contributed by atoms with E-state index in [1.54, 1.807) is 11.8 Å². The van der Waals surface area contributed by atoms with Gasteiger partial charge in [0.25, 0.3) is 0 Å². The van der Waals surface area contributed by atoms with Crippen LogP contribution < -0.4 is 0 Å². The Kier molecular flexibility index (Phi) is 6.89. The van der Waals surface area contributed by atoms with Crippen LogP contribution in [0.2, 0.25) is 0 Å². The number of fused-ring (bicyclic) bond motifs is 6. The Morgan fingerprint density at radius 2 is 1.14 bits per heavy atom. The van der Waals surface area contributed by atoms with Gasteiger partial charge in [-0.1, -0.05) is 127 Å². The van der Waals surface area contributed by atoms with Crippen LogP contribution >= 0.6 is 23.1 Å². The van der Waals surface area contributed by atoms with Gasteiger partial charge in [0.15, 0.2) is 5.82 Å². The molecule has 1 aliphatic rings. The SMILES string of the molecule is N#Cc1ccc2c(c1)C(c1ccccc1)(c1ccccc1)c1cc(-c3nc(-c4ccc5c(c4)sc4ccccc45)c4ccccc4n3)ccc1S2.